The number of carbonyl (C=O) groups excluding carboxylic acids is 2. The molecule has 1 fully saturated rings. The van der Waals surface area contributed by atoms with Crippen LogP contribution >= 0.6 is 11.6 Å². The first-order chi connectivity index (χ1) is 24.9. The summed E-state index contributed by atoms with van der Waals surface area (Å²) >= 11 is 3.31. The molecule has 1 saturated carbocycles. The maximum Gasteiger partial charge on any atom is 0.378 e. The normalized spacial score (nSPS) is 15.1. The molecule has 18 heteroatoms. The molecule has 5 rings (SSSR count). The highest BCUT2D eigenvalue weighted by atomic mass is 35.5. The fourth-order valence-electron chi connectivity index (χ4n) is 5.80. The SMILES string of the molecule is CCOC(=O)c1ncn(C(C(=O)Nc2cc(S(=O)(=O)NC)ccc2Oc2ccccc2C2CCCCC2)C(=NC)Nc2ccc(Cl)cc2S(=O)[O-])n1. The van der Waals surface area contributed by atoms with Crippen LogP contribution in [0.5, 0.6) is 11.5 Å². The van der Waals surface area contributed by atoms with Gasteiger partial charge in [-0.15, -0.1) is 5.10 Å². The molecule has 4 aromatic rings. The van der Waals surface area contributed by atoms with Crippen LogP contribution in [0.4, 0.5) is 11.4 Å². The molecule has 1 heterocycles. The van der Waals surface area contributed by atoms with Gasteiger partial charge in [0, 0.05) is 17.0 Å². The molecule has 0 bridgehead atoms. The summed E-state index contributed by atoms with van der Waals surface area (Å²) in [6, 6.07) is 14.1. The minimum Gasteiger partial charge on any atom is -0.768 e. The van der Waals surface area contributed by atoms with E-state index in [1.165, 1.54) is 50.5 Å². The van der Waals surface area contributed by atoms with E-state index in [9.17, 15) is 26.8 Å². The van der Waals surface area contributed by atoms with E-state index in [0.717, 1.165) is 48.7 Å². The molecule has 0 radical (unpaired) electrons. The summed E-state index contributed by atoms with van der Waals surface area (Å²) in [5.41, 5.74) is 1.02. The number of halogens is 1. The topological polar surface area (TPSA) is 206 Å². The van der Waals surface area contributed by atoms with Gasteiger partial charge in [0.25, 0.3) is 11.7 Å². The highest BCUT2D eigenvalue weighted by Gasteiger charge is 2.31. The molecule has 3 N–H and O–H groups in total. The van der Waals surface area contributed by atoms with Crippen LogP contribution < -0.4 is 20.1 Å². The summed E-state index contributed by atoms with van der Waals surface area (Å²) in [5, 5.41) is 9.94. The number of anilines is 2. The standard InChI is InChI=1S/C34H38ClN7O8S2/c1-4-49-34(44)32-38-20-42(41-32)30(31(36-2)39-25-16-14-22(35)18-29(25)51(45)46)33(43)40-26-19-23(52(47,48)37-3)15-17-28(26)50-27-13-9-8-12-24(27)21-10-6-5-7-11-21/h8-9,12-21,30,37H,4-7,10-11H2,1-3H3,(H,36,39)(H,40,43)(H,45,46)/p-1. The predicted molar refractivity (Wildman–Crippen MR) is 194 cm³/mol. The van der Waals surface area contributed by atoms with Gasteiger partial charge in [-0.2, -0.15) is 0 Å². The zero-order valence-corrected chi connectivity index (χ0v) is 30.9. The molecule has 52 heavy (non-hydrogen) atoms. The number of rotatable bonds is 13. The lowest BCUT2D eigenvalue weighted by atomic mass is 9.84. The van der Waals surface area contributed by atoms with E-state index in [0.29, 0.717) is 5.75 Å². The molecule has 1 aliphatic carbocycles. The molecule has 1 aromatic heterocycles. The van der Waals surface area contributed by atoms with Crippen molar-refractivity contribution in [1.29, 1.82) is 0 Å². The van der Waals surface area contributed by atoms with E-state index in [-0.39, 0.29) is 56.1 Å². The second-order valence-electron chi connectivity index (χ2n) is 11.6. The van der Waals surface area contributed by atoms with Crippen LogP contribution in [0.25, 0.3) is 0 Å². The van der Waals surface area contributed by atoms with Crippen LogP contribution in [0.15, 0.2) is 81.8 Å². The lowest BCUT2D eigenvalue weighted by Gasteiger charge is -2.25. The first kappa shape index (κ1) is 38.5. The van der Waals surface area contributed by atoms with Crippen molar-refractivity contribution in [2.24, 2.45) is 4.99 Å². The van der Waals surface area contributed by atoms with Crippen molar-refractivity contribution in [3.8, 4) is 11.5 Å². The van der Waals surface area contributed by atoms with Crippen molar-refractivity contribution in [1.82, 2.24) is 19.5 Å². The Hall–Kier alpha value is -4.68. The Morgan fingerprint density at radius 3 is 2.50 bits per heavy atom. The number of nitrogens with one attached hydrogen (secondary N) is 3. The summed E-state index contributed by atoms with van der Waals surface area (Å²) in [7, 11) is -1.36. The van der Waals surface area contributed by atoms with Crippen LogP contribution in [0.3, 0.4) is 0 Å². The van der Waals surface area contributed by atoms with Crippen LogP contribution in [-0.2, 0) is 30.6 Å². The summed E-state index contributed by atoms with van der Waals surface area (Å²) < 4.78 is 64.7. The number of hydrogen-bond donors (Lipinski definition) is 3. The van der Waals surface area contributed by atoms with Gasteiger partial charge in [-0.1, -0.05) is 49.1 Å². The van der Waals surface area contributed by atoms with Gasteiger partial charge in [0.05, 0.1) is 22.9 Å². The van der Waals surface area contributed by atoms with E-state index in [4.69, 9.17) is 21.1 Å². The summed E-state index contributed by atoms with van der Waals surface area (Å²) in [5.74, 6) is -1.20. The largest absolute Gasteiger partial charge is 0.768 e. The summed E-state index contributed by atoms with van der Waals surface area (Å²) in [6.45, 7) is 1.65. The average Bonchev–Trinajstić information content (AvgIpc) is 3.63. The minimum atomic E-state index is -3.97. The average molecular weight is 771 g/mol. The van der Waals surface area contributed by atoms with Crippen LogP contribution in [-0.4, -0.2) is 70.4 Å². The zero-order chi connectivity index (χ0) is 37.4. The van der Waals surface area contributed by atoms with Gasteiger partial charge in [-0.3, -0.25) is 14.0 Å². The van der Waals surface area contributed by atoms with Crippen LogP contribution in [0, 0.1) is 0 Å². The molecule has 15 nitrogen and oxygen atoms in total. The number of nitrogens with zero attached hydrogens (tertiary/aromatic N) is 4. The number of para-hydroxylation sites is 1. The monoisotopic (exact) mass is 770 g/mol. The van der Waals surface area contributed by atoms with Gasteiger partial charge in [0.2, 0.25) is 10.0 Å². The van der Waals surface area contributed by atoms with E-state index < -0.39 is 39.0 Å². The molecule has 0 spiro atoms. The number of hydrogen-bond acceptors (Lipinski definition) is 11. The Bertz CT molecular complexity index is 2100. The number of carbonyl (C=O) groups is 2. The van der Waals surface area contributed by atoms with Crippen molar-refractivity contribution >= 4 is 61.8 Å². The number of amidine groups is 1. The Kier molecular flexibility index (Phi) is 12.8. The molecular formula is C34H37ClN7O8S2-. The summed E-state index contributed by atoms with van der Waals surface area (Å²) in [6.07, 6.45) is 6.46. The van der Waals surface area contributed by atoms with Crippen LogP contribution in [0.2, 0.25) is 5.02 Å². The molecule has 276 valence electrons. The van der Waals surface area contributed by atoms with Gasteiger partial charge in [-0.05, 0) is 91.8 Å². The second kappa shape index (κ2) is 17.2. The molecule has 3 aromatic carbocycles. The predicted octanol–water partition coefficient (Wildman–Crippen LogP) is 5.41. The lowest BCUT2D eigenvalue weighted by Crippen LogP contribution is -2.37. The number of amides is 1. The lowest BCUT2D eigenvalue weighted by molar-refractivity contribution is -0.117. The quantitative estimate of drug-likeness (QED) is 0.0678. The molecule has 1 amide bonds. The highest BCUT2D eigenvalue weighted by Crippen LogP contribution is 2.41. The van der Waals surface area contributed by atoms with Crippen molar-refractivity contribution in [3.05, 3.63) is 83.4 Å². The van der Waals surface area contributed by atoms with Gasteiger partial charge in [0.15, 0.2) is 11.8 Å². The number of esters is 1. The van der Waals surface area contributed by atoms with Gasteiger partial charge < -0.3 is 24.7 Å². The van der Waals surface area contributed by atoms with E-state index >= 15 is 0 Å². The molecular weight excluding hydrogens is 734 g/mol. The first-order valence-electron chi connectivity index (χ1n) is 16.3. The third-order valence-corrected chi connectivity index (χ3v) is 10.7. The Balaban J connectivity index is 1.58. The maximum absolute atomic E-state index is 14.4. The second-order valence-corrected chi connectivity index (χ2v) is 14.8. The highest BCUT2D eigenvalue weighted by molar-refractivity contribution is 7.89. The van der Waals surface area contributed by atoms with E-state index in [1.807, 2.05) is 24.3 Å². The third-order valence-electron chi connectivity index (χ3n) is 8.34. The van der Waals surface area contributed by atoms with Gasteiger partial charge in [0.1, 0.15) is 17.9 Å². The molecule has 0 saturated heterocycles. The molecule has 0 aliphatic heterocycles. The minimum absolute atomic E-state index is 0.0150. The number of sulfonamides is 1. The number of ether oxygens (including phenoxy) is 2. The van der Waals surface area contributed by atoms with E-state index in [2.05, 4.69) is 30.4 Å². The fraction of sp³-hybridized carbons (Fsp3) is 0.324. The van der Waals surface area contributed by atoms with Crippen molar-refractivity contribution in [2.75, 3.05) is 31.3 Å². The molecule has 2 unspecified atom stereocenters. The fourth-order valence-corrected chi connectivity index (χ4v) is 7.32. The molecule has 1 aliphatic rings. The van der Waals surface area contributed by atoms with Crippen molar-refractivity contribution < 1.29 is 36.2 Å². The Morgan fingerprint density at radius 1 is 1.06 bits per heavy atom. The zero-order valence-electron chi connectivity index (χ0n) is 28.5. The number of aromatic nitrogens is 3. The molecule has 2 atom stereocenters. The van der Waals surface area contributed by atoms with Gasteiger partial charge >= 0.3 is 5.97 Å². The van der Waals surface area contributed by atoms with E-state index in [1.54, 1.807) is 6.92 Å². The van der Waals surface area contributed by atoms with Crippen LogP contribution in [0.1, 0.15) is 67.2 Å². The van der Waals surface area contributed by atoms with Gasteiger partial charge in [-0.25, -0.2) is 27.6 Å². The Labute approximate surface area is 308 Å². The third kappa shape index (κ3) is 9.02. The van der Waals surface area contributed by atoms with Crippen molar-refractivity contribution in [2.45, 2.75) is 60.8 Å². The summed E-state index contributed by atoms with van der Waals surface area (Å²) in [4.78, 5) is 34.8. The number of benzene rings is 3. The van der Waals surface area contributed by atoms with Crippen molar-refractivity contribution in [3.63, 3.8) is 0 Å². The number of aliphatic imine (C=N–C) groups is 1. The Morgan fingerprint density at radius 2 is 1.81 bits per heavy atom. The first-order valence-corrected chi connectivity index (χ1v) is 19.2. The smallest absolute Gasteiger partial charge is 0.378 e. The maximum atomic E-state index is 14.4.